The molecule has 6 amide bonds. The number of H-pyrrole nitrogens is 2. The molecule has 7 aromatic rings. The van der Waals surface area contributed by atoms with Crippen molar-refractivity contribution in [3.8, 4) is 5.75 Å². The van der Waals surface area contributed by atoms with E-state index >= 15 is 0 Å². The topological polar surface area (TPSA) is 261 Å². The molecule has 378 valence electrons. The van der Waals surface area contributed by atoms with Gasteiger partial charge >= 0.3 is 6.09 Å². The molecule has 0 aliphatic carbocycles. The summed E-state index contributed by atoms with van der Waals surface area (Å²) in [5, 5.41) is 14.5. The van der Waals surface area contributed by atoms with Crippen LogP contribution in [0, 0.1) is 0 Å². The highest BCUT2D eigenvalue weighted by Gasteiger charge is 2.36. The second-order valence-corrected chi connectivity index (χ2v) is 17.5. The van der Waals surface area contributed by atoms with Crippen molar-refractivity contribution in [3.05, 3.63) is 192 Å². The smallest absolute Gasteiger partial charge is 0.408 e. The number of benzene rings is 5. The molecule has 0 radical (unpaired) electrons. The maximum Gasteiger partial charge on any atom is 0.408 e. The number of carbonyl (C=O) groups excluding carboxylic acids is 6. The van der Waals surface area contributed by atoms with Crippen molar-refractivity contribution in [3.63, 3.8) is 0 Å². The molecule has 2 heterocycles. The molecule has 5 aromatic carbocycles. The lowest BCUT2D eigenvalue weighted by Gasteiger charge is -2.29. The van der Waals surface area contributed by atoms with Crippen LogP contribution in [-0.4, -0.2) is 86.9 Å². The third-order valence-corrected chi connectivity index (χ3v) is 12.0. The number of carbonyl (C=O) groups is 6. The van der Waals surface area contributed by atoms with Gasteiger partial charge in [-0.15, -0.1) is 0 Å². The number of nitrogens with two attached hydrogens (primary N) is 1. The number of aromatic amines is 2. The van der Waals surface area contributed by atoms with Gasteiger partial charge in [0.05, 0.1) is 19.0 Å². The largest absolute Gasteiger partial charge is 0.489 e. The molecule has 7 rings (SSSR count). The van der Waals surface area contributed by atoms with E-state index in [1.807, 2.05) is 91.0 Å². The molecule has 0 unspecified atom stereocenters. The number of alkyl carbamates (subject to hydrolysis) is 1. The van der Waals surface area contributed by atoms with E-state index in [1.54, 1.807) is 61.7 Å². The van der Waals surface area contributed by atoms with Gasteiger partial charge in [-0.05, 0) is 59.9 Å². The van der Waals surface area contributed by atoms with Crippen LogP contribution >= 0.6 is 0 Å². The van der Waals surface area contributed by atoms with E-state index in [1.165, 1.54) is 19.4 Å². The van der Waals surface area contributed by atoms with E-state index in [2.05, 4.69) is 41.5 Å². The highest BCUT2D eigenvalue weighted by molar-refractivity contribution is 5.97. The number of nitrogens with zero attached hydrogens (tertiary/aromatic N) is 1. The number of hydrogen-bond donors (Lipinski definition) is 8. The Bertz CT molecular complexity index is 2900. The minimum Gasteiger partial charge on any atom is -0.489 e. The van der Waals surface area contributed by atoms with Crippen molar-refractivity contribution in [1.29, 1.82) is 0 Å². The number of rotatable bonds is 25. The highest BCUT2D eigenvalue weighted by atomic mass is 16.5. The van der Waals surface area contributed by atoms with Gasteiger partial charge in [0.2, 0.25) is 29.5 Å². The second kappa shape index (κ2) is 25.9. The Hall–Kier alpha value is -8.77. The molecule has 18 nitrogen and oxygen atoms in total. The average molecular weight is 990 g/mol. The average Bonchev–Trinajstić information content (AvgIpc) is 4.09. The lowest BCUT2D eigenvalue weighted by molar-refractivity contribution is -0.137. The summed E-state index contributed by atoms with van der Waals surface area (Å²) in [5.41, 5.74) is 10.6. The fourth-order valence-electron chi connectivity index (χ4n) is 7.84. The molecule has 0 fully saturated rings. The van der Waals surface area contributed by atoms with Gasteiger partial charge in [0.1, 0.15) is 49.2 Å². The predicted octanol–water partition coefficient (Wildman–Crippen LogP) is 4.84. The molecule has 9 N–H and O–H groups in total. The van der Waals surface area contributed by atoms with E-state index in [4.69, 9.17) is 19.9 Å². The number of hydrogen-bond acceptors (Lipinski definition) is 10. The Balaban J connectivity index is 1.17. The second-order valence-electron chi connectivity index (χ2n) is 17.5. The monoisotopic (exact) mass is 989 g/mol. The van der Waals surface area contributed by atoms with Crippen molar-refractivity contribution in [2.75, 3.05) is 0 Å². The lowest BCUT2D eigenvalue weighted by atomic mass is 10.0. The molecule has 2 aromatic heterocycles. The quantitative estimate of drug-likeness (QED) is 0.0387. The Morgan fingerprint density at radius 3 is 1.77 bits per heavy atom. The molecular weight excluding hydrogens is 931 g/mol. The maximum atomic E-state index is 14.9. The summed E-state index contributed by atoms with van der Waals surface area (Å²) in [7, 11) is 0. The van der Waals surface area contributed by atoms with Crippen molar-refractivity contribution in [1.82, 2.24) is 41.5 Å². The normalized spacial score (nSPS) is 13.5. The van der Waals surface area contributed by atoms with Crippen molar-refractivity contribution < 1.29 is 43.0 Å². The predicted molar refractivity (Wildman–Crippen MR) is 272 cm³/mol. The number of amides is 6. The Morgan fingerprint density at radius 2 is 1.12 bits per heavy atom. The van der Waals surface area contributed by atoms with Crippen LogP contribution in [0.3, 0.4) is 0 Å². The Labute approximate surface area is 422 Å². The maximum absolute atomic E-state index is 14.9. The van der Waals surface area contributed by atoms with E-state index in [0.717, 1.165) is 27.6 Å². The van der Waals surface area contributed by atoms with E-state index in [0.29, 0.717) is 29.2 Å². The van der Waals surface area contributed by atoms with Gasteiger partial charge in [-0.3, -0.25) is 24.0 Å². The molecule has 73 heavy (non-hydrogen) atoms. The van der Waals surface area contributed by atoms with Crippen molar-refractivity contribution in [2.45, 2.75) is 89.2 Å². The number of fused-ring (bicyclic) bond motifs is 1. The lowest BCUT2D eigenvalue weighted by Crippen LogP contribution is -2.62. The van der Waals surface area contributed by atoms with Gasteiger partial charge < -0.3 is 56.5 Å². The third-order valence-electron chi connectivity index (χ3n) is 12.0. The molecule has 0 aliphatic heterocycles. The van der Waals surface area contributed by atoms with Crippen LogP contribution in [0.15, 0.2) is 158 Å². The van der Waals surface area contributed by atoms with E-state index in [-0.39, 0.29) is 32.5 Å². The zero-order chi connectivity index (χ0) is 51.5. The fraction of sp³-hybridized carbons (Fsp3) is 0.255. The summed E-state index contributed by atoms with van der Waals surface area (Å²) in [6, 6.07) is 35.9. The Kier molecular flexibility index (Phi) is 18.5. The minimum absolute atomic E-state index is 0.0186. The number of ether oxygens (including phenoxy) is 3. The summed E-state index contributed by atoms with van der Waals surface area (Å²) in [5.74, 6) is -3.26. The molecule has 0 saturated heterocycles. The van der Waals surface area contributed by atoms with E-state index < -0.39 is 71.9 Å². The van der Waals surface area contributed by atoms with Crippen LogP contribution in [-0.2, 0) is 72.5 Å². The summed E-state index contributed by atoms with van der Waals surface area (Å²) >= 11 is 0. The molecule has 0 saturated carbocycles. The number of imidazole rings is 1. The first-order valence-electron chi connectivity index (χ1n) is 23.8. The van der Waals surface area contributed by atoms with E-state index in [9.17, 15) is 28.8 Å². The molecule has 0 bridgehead atoms. The Morgan fingerprint density at radius 1 is 0.562 bits per heavy atom. The molecular formula is C55H59N9O9. The molecule has 18 heteroatoms. The summed E-state index contributed by atoms with van der Waals surface area (Å²) in [6.07, 6.45) is 2.59. The van der Waals surface area contributed by atoms with Crippen LogP contribution in [0.4, 0.5) is 4.79 Å². The van der Waals surface area contributed by atoms with Gasteiger partial charge in [-0.1, -0.05) is 121 Å². The van der Waals surface area contributed by atoms with Crippen LogP contribution in [0.25, 0.3) is 10.9 Å². The zero-order valence-electron chi connectivity index (χ0n) is 40.4. The minimum atomic E-state index is -1.47. The van der Waals surface area contributed by atoms with Gasteiger partial charge in [-0.25, -0.2) is 9.78 Å². The summed E-state index contributed by atoms with van der Waals surface area (Å²) < 4.78 is 17.7. The fourth-order valence-corrected chi connectivity index (χ4v) is 7.84. The third kappa shape index (κ3) is 15.6. The number of primary amides is 1. The first kappa shape index (κ1) is 52.1. The summed E-state index contributed by atoms with van der Waals surface area (Å²) in [6.45, 7) is 3.34. The van der Waals surface area contributed by atoms with Gasteiger partial charge in [0.15, 0.2) is 0 Å². The number of aromatic nitrogens is 3. The van der Waals surface area contributed by atoms with Crippen LogP contribution < -0.4 is 37.1 Å². The first-order chi connectivity index (χ1) is 35.4. The summed E-state index contributed by atoms with van der Waals surface area (Å²) in [4.78, 5) is 93.7. The highest BCUT2D eigenvalue weighted by Crippen LogP contribution is 2.21. The van der Waals surface area contributed by atoms with Gasteiger partial charge in [0, 0.05) is 48.3 Å². The van der Waals surface area contributed by atoms with Gasteiger partial charge in [-0.2, -0.15) is 0 Å². The standard InChI is InChI=1S/C55H59N9O9/c1-35(50(56)65)60-51(66)47(27-41-29-58-45-21-13-12-20-44(41)45)62-54(69)49(36(2)71-31-38-14-6-3-7-15-38)64-53(68)46(26-37-22-24-43(25-23-37)72-32-39-16-8-4-9-17-39)61-52(67)48(28-42-30-57-34-59-42)63-55(70)73-33-40-18-10-5-11-19-40/h3-25,29-30,34-36,46-49,58H,26-28,31-33H2,1-2H3,(H2,56,65)(H,57,59)(H,60,66)(H,61,67)(H,62,69)(H,63,70)(H,64,68)/t35-,36+,46+,47+,48+,49+/m0/s1. The van der Waals surface area contributed by atoms with Crippen LogP contribution in [0.1, 0.15) is 47.4 Å². The van der Waals surface area contributed by atoms with Crippen LogP contribution in [0.5, 0.6) is 5.75 Å². The molecule has 6 atom stereocenters. The van der Waals surface area contributed by atoms with Crippen LogP contribution in [0.2, 0.25) is 0 Å². The van der Waals surface area contributed by atoms with Crippen molar-refractivity contribution >= 4 is 46.5 Å². The molecule has 0 spiro atoms. The number of para-hydroxylation sites is 1. The van der Waals surface area contributed by atoms with Crippen molar-refractivity contribution in [2.24, 2.45) is 5.73 Å². The SMILES string of the molecule is C[C@H](NC(=O)[C@@H](Cc1c[nH]c2ccccc12)NC(=O)[C@H](NC(=O)[C@@H](Cc1ccc(OCc2ccccc2)cc1)NC(=O)[C@@H](Cc1cnc[nH]1)NC(=O)OCc1ccccc1)[C@@H](C)OCc1ccccc1)C(N)=O. The first-order valence-corrected chi connectivity index (χ1v) is 23.8. The van der Waals surface area contributed by atoms with Gasteiger partial charge in [0.25, 0.3) is 0 Å². The number of nitrogens with one attached hydrogen (secondary N) is 7. The zero-order valence-corrected chi connectivity index (χ0v) is 40.4. The molecule has 0 aliphatic rings.